The molecule has 0 atom stereocenters. The van der Waals surface area contributed by atoms with Crippen molar-refractivity contribution in [3.63, 3.8) is 0 Å². The Morgan fingerprint density at radius 3 is 2.61 bits per heavy atom. The van der Waals surface area contributed by atoms with Gasteiger partial charge in [0.05, 0.1) is 13.7 Å². The monoisotopic (exact) mass is 405 g/mol. The lowest BCUT2D eigenvalue weighted by molar-refractivity contribution is 0.146. The Labute approximate surface area is 171 Å². The fourth-order valence-corrected chi connectivity index (χ4v) is 2.83. The highest BCUT2D eigenvalue weighted by molar-refractivity contribution is 6.31. The highest BCUT2D eigenvalue weighted by atomic mass is 35.5. The van der Waals surface area contributed by atoms with Crippen LogP contribution in [0.15, 0.2) is 47.5 Å². The van der Waals surface area contributed by atoms with Gasteiger partial charge in [0.15, 0.2) is 5.96 Å². The summed E-state index contributed by atoms with van der Waals surface area (Å²) in [6, 6.07) is 13.7. The highest BCUT2D eigenvalue weighted by Crippen LogP contribution is 2.22. The van der Waals surface area contributed by atoms with Gasteiger partial charge in [0.25, 0.3) is 0 Å². The van der Waals surface area contributed by atoms with Crippen LogP contribution >= 0.6 is 11.6 Å². The molecule has 0 aliphatic carbocycles. The number of nitrogens with zero attached hydrogens (tertiary/aromatic N) is 1. The molecule has 2 N–H and O–H groups in total. The molecule has 7 heteroatoms. The van der Waals surface area contributed by atoms with Gasteiger partial charge in [-0.1, -0.05) is 29.8 Å². The number of nitrogens with one attached hydrogen (secondary N) is 2. The number of hydrogen-bond acceptors (Lipinski definition) is 4. The zero-order chi connectivity index (χ0) is 20.2. The van der Waals surface area contributed by atoms with Crippen LogP contribution in [0.25, 0.3) is 0 Å². The summed E-state index contributed by atoms with van der Waals surface area (Å²) in [5.74, 6) is 2.32. The Morgan fingerprint density at radius 1 is 1.04 bits per heavy atom. The predicted octanol–water partition coefficient (Wildman–Crippen LogP) is 3.28. The third-order valence-corrected chi connectivity index (χ3v) is 4.44. The largest absolute Gasteiger partial charge is 0.497 e. The number of methoxy groups -OCH3 is 2. The molecule has 0 aliphatic rings. The SMILES string of the molecule is CN=C(NCCc1ccc(OC)cc1Cl)NCc1cccc(OCCOC)c1. The van der Waals surface area contributed by atoms with E-state index in [9.17, 15) is 0 Å². The first-order chi connectivity index (χ1) is 13.7. The van der Waals surface area contributed by atoms with Gasteiger partial charge < -0.3 is 24.8 Å². The summed E-state index contributed by atoms with van der Waals surface area (Å²) in [6.45, 7) is 2.46. The average Bonchev–Trinajstić information content (AvgIpc) is 2.72. The van der Waals surface area contributed by atoms with Crippen molar-refractivity contribution in [1.29, 1.82) is 0 Å². The summed E-state index contributed by atoms with van der Waals surface area (Å²) in [5, 5.41) is 7.31. The van der Waals surface area contributed by atoms with Crippen molar-refractivity contribution in [2.75, 3.05) is 41.0 Å². The van der Waals surface area contributed by atoms with Crippen LogP contribution in [-0.4, -0.2) is 47.0 Å². The first kappa shape index (κ1) is 21.9. The van der Waals surface area contributed by atoms with E-state index in [2.05, 4.69) is 15.6 Å². The number of aliphatic imine (C=N–C) groups is 1. The lowest BCUT2D eigenvalue weighted by Crippen LogP contribution is -2.37. The van der Waals surface area contributed by atoms with Gasteiger partial charge in [-0.25, -0.2) is 0 Å². The summed E-state index contributed by atoms with van der Waals surface area (Å²) in [7, 11) is 5.04. The van der Waals surface area contributed by atoms with Crippen molar-refractivity contribution in [3.8, 4) is 11.5 Å². The normalized spacial score (nSPS) is 11.2. The first-order valence-electron chi connectivity index (χ1n) is 9.14. The summed E-state index contributed by atoms with van der Waals surface area (Å²) < 4.78 is 15.8. The molecule has 2 rings (SSSR count). The molecule has 0 saturated heterocycles. The summed E-state index contributed by atoms with van der Waals surface area (Å²) in [5.41, 5.74) is 2.17. The van der Waals surface area contributed by atoms with E-state index in [1.54, 1.807) is 21.3 Å². The molecule has 0 bridgehead atoms. The number of hydrogen-bond donors (Lipinski definition) is 2. The molecule has 0 aromatic heterocycles. The quantitative estimate of drug-likeness (QED) is 0.361. The second-order valence-corrected chi connectivity index (χ2v) is 6.46. The van der Waals surface area contributed by atoms with Crippen LogP contribution in [0.3, 0.4) is 0 Å². The van der Waals surface area contributed by atoms with Gasteiger partial charge in [-0.05, 0) is 41.8 Å². The topological polar surface area (TPSA) is 64.1 Å². The third-order valence-electron chi connectivity index (χ3n) is 4.09. The molecular weight excluding hydrogens is 378 g/mol. The molecule has 28 heavy (non-hydrogen) atoms. The zero-order valence-electron chi connectivity index (χ0n) is 16.6. The van der Waals surface area contributed by atoms with E-state index in [1.807, 2.05) is 42.5 Å². The smallest absolute Gasteiger partial charge is 0.191 e. The highest BCUT2D eigenvalue weighted by Gasteiger charge is 2.04. The summed E-state index contributed by atoms with van der Waals surface area (Å²) in [4.78, 5) is 4.26. The van der Waals surface area contributed by atoms with E-state index in [1.165, 1.54) is 0 Å². The molecule has 0 fully saturated rings. The fraction of sp³-hybridized carbons (Fsp3) is 0.381. The average molecular weight is 406 g/mol. The summed E-state index contributed by atoms with van der Waals surface area (Å²) >= 11 is 6.29. The van der Waals surface area contributed by atoms with Crippen LogP contribution in [0.1, 0.15) is 11.1 Å². The van der Waals surface area contributed by atoms with Crippen molar-refractivity contribution >= 4 is 17.6 Å². The van der Waals surface area contributed by atoms with Crippen LogP contribution in [0.4, 0.5) is 0 Å². The maximum absolute atomic E-state index is 6.29. The minimum atomic E-state index is 0.532. The molecule has 152 valence electrons. The maximum atomic E-state index is 6.29. The number of halogens is 1. The summed E-state index contributed by atoms with van der Waals surface area (Å²) in [6.07, 6.45) is 0.784. The first-order valence-corrected chi connectivity index (χ1v) is 9.51. The van der Waals surface area contributed by atoms with Crippen LogP contribution in [0.5, 0.6) is 11.5 Å². The molecule has 2 aromatic carbocycles. The van der Waals surface area contributed by atoms with E-state index in [0.717, 1.165) is 35.0 Å². The van der Waals surface area contributed by atoms with Gasteiger partial charge in [0.2, 0.25) is 0 Å². The van der Waals surface area contributed by atoms with Crippen LogP contribution in [-0.2, 0) is 17.7 Å². The van der Waals surface area contributed by atoms with Crippen molar-refractivity contribution in [1.82, 2.24) is 10.6 Å². The van der Waals surface area contributed by atoms with Gasteiger partial charge in [-0.2, -0.15) is 0 Å². The Hall–Kier alpha value is -2.44. The molecule has 6 nitrogen and oxygen atoms in total. The maximum Gasteiger partial charge on any atom is 0.191 e. The predicted molar refractivity (Wildman–Crippen MR) is 114 cm³/mol. The van der Waals surface area contributed by atoms with Gasteiger partial charge in [-0.3, -0.25) is 4.99 Å². The number of benzene rings is 2. The Morgan fingerprint density at radius 2 is 1.89 bits per heavy atom. The van der Waals surface area contributed by atoms with Gasteiger partial charge in [0.1, 0.15) is 18.1 Å². The standard InChI is InChI=1S/C21H28ClN3O3/c1-23-21(24-10-9-17-7-8-18(27-3)14-20(17)22)25-15-16-5-4-6-19(13-16)28-12-11-26-2/h4-8,13-14H,9-12,15H2,1-3H3,(H2,23,24,25). The molecule has 0 heterocycles. The molecule has 0 spiro atoms. The number of ether oxygens (including phenoxy) is 3. The lowest BCUT2D eigenvalue weighted by atomic mass is 10.1. The Bertz CT molecular complexity index is 768. The second kappa shape index (κ2) is 12.1. The third kappa shape index (κ3) is 7.29. The van der Waals surface area contributed by atoms with E-state index in [4.69, 9.17) is 25.8 Å². The molecule has 2 aromatic rings. The van der Waals surface area contributed by atoms with Gasteiger partial charge >= 0.3 is 0 Å². The van der Waals surface area contributed by atoms with Crippen LogP contribution in [0, 0.1) is 0 Å². The Kier molecular flexibility index (Phi) is 9.45. The lowest BCUT2D eigenvalue weighted by Gasteiger charge is -2.13. The van der Waals surface area contributed by atoms with Gasteiger partial charge in [0, 0.05) is 32.3 Å². The van der Waals surface area contributed by atoms with Crippen molar-refractivity contribution in [2.24, 2.45) is 4.99 Å². The van der Waals surface area contributed by atoms with E-state index in [0.29, 0.717) is 31.3 Å². The fourth-order valence-electron chi connectivity index (χ4n) is 2.57. The molecule has 0 unspecified atom stereocenters. The van der Waals surface area contributed by atoms with Crippen LogP contribution < -0.4 is 20.1 Å². The zero-order valence-corrected chi connectivity index (χ0v) is 17.4. The minimum Gasteiger partial charge on any atom is -0.497 e. The van der Waals surface area contributed by atoms with E-state index in [-0.39, 0.29) is 0 Å². The Balaban J connectivity index is 1.79. The van der Waals surface area contributed by atoms with Crippen molar-refractivity contribution < 1.29 is 14.2 Å². The van der Waals surface area contributed by atoms with Crippen molar-refractivity contribution in [3.05, 3.63) is 58.6 Å². The molecule has 0 aliphatic heterocycles. The second-order valence-electron chi connectivity index (χ2n) is 6.05. The number of rotatable bonds is 10. The van der Waals surface area contributed by atoms with Crippen molar-refractivity contribution in [2.45, 2.75) is 13.0 Å². The number of guanidine groups is 1. The molecule has 0 saturated carbocycles. The van der Waals surface area contributed by atoms with E-state index >= 15 is 0 Å². The van der Waals surface area contributed by atoms with Crippen LogP contribution in [0.2, 0.25) is 5.02 Å². The molecule has 0 radical (unpaired) electrons. The molecule has 0 amide bonds. The van der Waals surface area contributed by atoms with E-state index < -0.39 is 0 Å². The van der Waals surface area contributed by atoms with Gasteiger partial charge in [-0.15, -0.1) is 0 Å². The molecular formula is C21H28ClN3O3. The minimum absolute atomic E-state index is 0.532.